The smallest absolute Gasteiger partial charge is 0.438 e. The van der Waals surface area contributed by atoms with Gasteiger partial charge in [-0.25, -0.2) is 9.59 Å². The van der Waals surface area contributed by atoms with Gasteiger partial charge in [-0.15, -0.1) is 10.2 Å². The summed E-state index contributed by atoms with van der Waals surface area (Å²) >= 11 is 18.6. The van der Waals surface area contributed by atoms with Gasteiger partial charge >= 0.3 is 11.8 Å². The second-order valence-electron chi connectivity index (χ2n) is 6.33. The zero-order valence-corrected chi connectivity index (χ0v) is 17.8. The molecule has 158 valence electrons. The maximum absolute atomic E-state index is 11.7. The fourth-order valence-electron chi connectivity index (χ4n) is 2.48. The van der Waals surface area contributed by atoms with Crippen LogP contribution < -0.4 is 15.4 Å². The molecule has 3 rings (SSSR count). The molecule has 0 saturated carbocycles. The molecule has 0 aliphatic rings. The minimum Gasteiger partial charge on any atom is -0.465 e. The number of benzene rings is 1. The maximum atomic E-state index is 11.7. The first-order chi connectivity index (χ1) is 14.2. The molecule has 0 bridgehead atoms. The van der Waals surface area contributed by atoms with Crippen molar-refractivity contribution in [3.8, 4) is 11.6 Å². The van der Waals surface area contributed by atoms with Crippen LogP contribution >= 0.6 is 34.8 Å². The second kappa shape index (κ2) is 8.90. The number of carbonyl (C=O) groups is 1. The molecule has 10 nitrogen and oxygen atoms in total. The van der Waals surface area contributed by atoms with E-state index in [0.29, 0.717) is 0 Å². The van der Waals surface area contributed by atoms with E-state index < -0.39 is 11.8 Å². The van der Waals surface area contributed by atoms with Crippen LogP contribution in [-0.2, 0) is 6.54 Å². The van der Waals surface area contributed by atoms with Gasteiger partial charge in [0.1, 0.15) is 0 Å². The van der Waals surface area contributed by atoms with Gasteiger partial charge in [0.15, 0.2) is 16.7 Å². The average molecular weight is 475 g/mol. The number of ether oxygens (including phenoxy) is 1. The number of anilines is 1. The lowest BCUT2D eigenvalue weighted by Crippen LogP contribution is -2.29. The zero-order valence-electron chi connectivity index (χ0n) is 15.5. The van der Waals surface area contributed by atoms with Crippen molar-refractivity contribution in [2.75, 3.05) is 4.90 Å². The first-order valence-electron chi connectivity index (χ1n) is 8.41. The number of nitrogens with one attached hydrogen (secondary N) is 1. The molecule has 0 unspecified atom stereocenters. The van der Waals surface area contributed by atoms with Gasteiger partial charge in [-0.2, -0.15) is 0 Å². The summed E-state index contributed by atoms with van der Waals surface area (Å²) in [7, 11) is 0. The first-order valence-corrected chi connectivity index (χ1v) is 9.54. The minimum atomic E-state index is -1.33. The van der Waals surface area contributed by atoms with E-state index in [9.17, 15) is 14.7 Å². The summed E-state index contributed by atoms with van der Waals surface area (Å²) in [5, 5.41) is 21.0. The summed E-state index contributed by atoms with van der Waals surface area (Å²) in [5.74, 6) is -0.535. The molecular weight excluding hydrogens is 461 g/mol. The van der Waals surface area contributed by atoms with Crippen LogP contribution in [0.4, 0.5) is 10.5 Å². The van der Waals surface area contributed by atoms with E-state index in [1.807, 2.05) is 13.8 Å². The summed E-state index contributed by atoms with van der Waals surface area (Å²) in [5.41, 5.74) is 0.850. The highest BCUT2D eigenvalue weighted by atomic mass is 35.5. The molecule has 2 heterocycles. The molecule has 0 radical (unpaired) electrons. The highest BCUT2D eigenvalue weighted by Gasteiger charge is 2.21. The summed E-state index contributed by atoms with van der Waals surface area (Å²) in [6.07, 6.45) is -1.33. The van der Waals surface area contributed by atoms with E-state index >= 15 is 0 Å². The van der Waals surface area contributed by atoms with Crippen molar-refractivity contribution >= 4 is 46.6 Å². The lowest BCUT2D eigenvalue weighted by Gasteiger charge is -2.19. The van der Waals surface area contributed by atoms with Gasteiger partial charge in [-0.3, -0.25) is 14.4 Å². The number of rotatable bonds is 6. The normalized spacial score (nSPS) is 11.0. The van der Waals surface area contributed by atoms with Crippen molar-refractivity contribution < 1.29 is 19.2 Å². The number of hydrogen-bond acceptors (Lipinski definition) is 7. The molecule has 0 saturated heterocycles. The van der Waals surface area contributed by atoms with Crippen molar-refractivity contribution in [1.29, 1.82) is 0 Å². The summed E-state index contributed by atoms with van der Waals surface area (Å²) < 4.78 is 10.0. The summed E-state index contributed by atoms with van der Waals surface area (Å²) in [6, 6.07) is 4.29. The number of H-pyrrole nitrogens is 1. The van der Waals surface area contributed by atoms with Crippen LogP contribution in [0.25, 0.3) is 0 Å². The van der Waals surface area contributed by atoms with Gasteiger partial charge in [0.05, 0.1) is 22.3 Å². The summed E-state index contributed by atoms with van der Waals surface area (Å²) in [4.78, 5) is 25.9. The fraction of sp³-hybridized carbons (Fsp3) is 0.235. The third-order valence-electron chi connectivity index (χ3n) is 3.90. The highest BCUT2D eigenvalue weighted by Crippen LogP contribution is 2.40. The zero-order chi connectivity index (χ0) is 22.0. The Bertz CT molecular complexity index is 1120. The molecule has 2 N–H and O–H groups in total. The lowest BCUT2D eigenvalue weighted by atomic mass is 10.1. The molecule has 30 heavy (non-hydrogen) atoms. The topological polar surface area (TPSA) is 134 Å². The van der Waals surface area contributed by atoms with E-state index in [-0.39, 0.29) is 50.8 Å². The van der Waals surface area contributed by atoms with Gasteiger partial charge in [0, 0.05) is 6.07 Å². The van der Waals surface area contributed by atoms with Crippen LogP contribution in [0.3, 0.4) is 0 Å². The third kappa shape index (κ3) is 4.84. The molecule has 0 atom stereocenters. The Morgan fingerprint density at radius 2 is 1.90 bits per heavy atom. The highest BCUT2D eigenvalue weighted by molar-refractivity contribution is 6.37. The molecule has 2 aromatic heterocycles. The Morgan fingerprint density at radius 3 is 2.43 bits per heavy atom. The number of carboxylic acid groups (broad SMARTS) is 1. The van der Waals surface area contributed by atoms with Crippen molar-refractivity contribution in [3.05, 3.63) is 55.3 Å². The van der Waals surface area contributed by atoms with Crippen LogP contribution in [0.5, 0.6) is 11.6 Å². The number of nitrogens with zero attached hydrogens (tertiary/aromatic N) is 4. The number of aromatic nitrogens is 4. The Hall–Kier alpha value is -2.82. The van der Waals surface area contributed by atoms with Crippen LogP contribution in [0.2, 0.25) is 15.2 Å². The van der Waals surface area contributed by atoms with Crippen LogP contribution in [0, 0.1) is 0 Å². The van der Waals surface area contributed by atoms with Crippen LogP contribution in [0.15, 0.2) is 27.5 Å². The van der Waals surface area contributed by atoms with E-state index in [0.717, 1.165) is 10.5 Å². The second-order valence-corrected chi connectivity index (χ2v) is 7.51. The first kappa shape index (κ1) is 21.9. The van der Waals surface area contributed by atoms with E-state index in [2.05, 4.69) is 24.9 Å². The van der Waals surface area contributed by atoms with Gasteiger partial charge < -0.3 is 9.84 Å². The predicted octanol–water partition coefficient (Wildman–Crippen LogP) is 4.71. The van der Waals surface area contributed by atoms with E-state index in [1.165, 1.54) is 12.1 Å². The minimum absolute atomic E-state index is 0.00706. The quantitative estimate of drug-likeness (QED) is 0.524. The Labute approximate surface area is 184 Å². The molecule has 1 amide bonds. The molecule has 0 fully saturated rings. The van der Waals surface area contributed by atoms with Crippen molar-refractivity contribution in [1.82, 2.24) is 20.3 Å². The number of hydrogen-bond donors (Lipinski definition) is 2. The lowest BCUT2D eigenvalue weighted by molar-refractivity contribution is 0.201. The van der Waals surface area contributed by atoms with Gasteiger partial charge in [-0.05, 0) is 23.6 Å². The van der Waals surface area contributed by atoms with Crippen molar-refractivity contribution in [2.45, 2.75) is 26.3 Å². The molecule has 3 aromatic rings. The fourth-order valence-corrected chi connectivity index (χ4v) is 3.34. The number of aromatic amines is 1. The molecule has 0 aliphatic heterocycles. The van der Waals surface area contributed by atoms with E-state index in [1.54, 1.807) is 6.07 Å². The monoisotopic (exact) mass is 473 g/mol. The largest absolute Gasteiger partial charge is 0.465 e. The average Bonchev–Trinajstić information content (AvgIpc) is 3.08. The molecular formula is C17H14Cl3N5O5. The summed E-state index contributed by atoms with van der Waals surface area (Å²) in [6.45, 7) is 3.57. The van der Waals surface area contributed by atoms with Crippen LogP contribution in [0.1, 0.15) is 31.2 Å². The predicted molar refractivity (Wildman–Crippen MR) is 109 cm³/mol. The molecule has 0 spiro atoms. The third-order valence-corrected chi connectivity index (χ3v) is 4.76. The Morgan fingerprint density at radius 1 is 1.23 bits per heavy atom. The van der Waals surface area contributed by atoms with E-state index in [4.69, 9.17) is 39.5 Å². The molecule has 0 aliphatic carbocycles. The Kier molecular flexibility index (Phi) is 6.49. The standard InChI is InChI=1S/C17H14Cl3N5O5/c1-7(2)9-5-13(22-23-15(9)20)29-14-10(18)3-8(4-11(14)19)25(17(27)28)6-12-21-16(26)30-24-12/h3-5,7H,6H2,1-2H3,(H,27,28)(H,21,24,26). The van der Waals surface area contributed by atoms with Crippen molar-refractivity contribution in [2.24, 2.45) is 0 Å². The SMILES string of the molecule is CC(C)c1cc(Oc2c(Cl)cc(N(Cc3noc(=O)[nH]3)C(=O)O)cc2Cl)nnc1Cl. The van der Waals surface area contributed by atoms with Gasteiger partial charge in [-0.1, -0.05) is 53.8 Å². The van der Waals surface area contributed by atoms with Crippen LogP contribution in [-0.4, -0.2) is 31.5 Å². The molecule has 13 heteroatoms. The number of halogens is 3. The van der Waals surface area contributed by atoms with Gasteiger partial charge in [0.2, 0.25) is 5.88 Å². The van der Waals surface area contributed by atoms with Gasteiger partial charge in [0.25, 0.3) is 0 Å². The number of amides is 1. The maximum Gasteiger partial charge on any atom is 0.438 e. The van der Waals surface area contributed by atoms with Crippen molar-refractivity contribution in [3.63, 3.8) is 0 Å². The molecule has 1 aromatic carbocycles. The Balaban J connectivity index is 1.91.